The maximum absolute atomic E-state index is 12.9. The number of carbonyl (C=O) groups excluding carboxylic acids is 2. The summed E-state index contributed by atoms with van der Waals surface area (Å²) in [7, 11) is 1.88. The lowest BCUT2D eigenvalue weighted by molar-refractivity contribution is -0.131. The van der Waals surface area contributed by atoms with Crippen molar-refractivity contribution in [2.75, 3.05) is 26.7 Å². The highest BCUT2D eigenvalue weighted by Gasteiger charge is 2.49. The monoisotopic (exact) mass is 407 g/mol. The zero-order chi connectivity index (χ0) is 21.1. The van der Waals surface area contributed by atoms with Crippen molar-refractivity contribution in [2.24, 2.45) is 0 Å². The van der Waals surface area contributed by atoms with Gasteiger partial charge in [-0.1, -0.05) is 30.3 Å². The fourth-order valence-electron chi connectivity index (χ4n) is 4.52. The second-order valence-electron chi connectivity index (χ2n) is 8.07. The van der Waals surface area contributed by atoms with Gasteiger partial charge in [0.1, 0.15) is 5.75 Å². The highest BCUT2D eigenvalue weighted by Crippen LogP contribution is 2.32. The molecule has 2 aliphatic heterocycles. The minimum atomic E-state index is -0.369. The molecule has 158 valence electrons. The number of hydrogen-bond acceptors (Lipinski definition) is 4. The first-order valence-electron chi connectivity index (χ1n) is 10.6. The molecule has 2 aromatic carbocycles. The Labute approximate surface area is 177 Å². The smallest absolute Gasteiger partial charge is 0.253 e. The second kappa shape index (κ2) is 8.48. The average Bonchev–Trinajstić information content (AvgIpc) is 3.00. The number of piperidine rings is 1. The summed E-state index contributed by atoms with van der Waals surface area (Å²) in [6, 6.07) is 17.2. The van der Waals surface area contributed by atoms with Crippen LogP contribution in [0.1, 0.15) is 35.7 Å². The third kappa shape index (κ3) is 3.92. The largest absolute Gasteiger partial charge is 0.494 e. The van der Waals surface area contributed by atoms with Crippen molar-refractivity contribution in [1.29, 1.82) is 0 Å². The highest BCUT2D eigenvalue weighted by molar-refractivity contribution is 5.94. The van der Waals surface area contributed by atoms with Gasteiger partial charge in [-0.3, -0.25) is 14.9 Å². The molecular formula is C24H29N3O3. The molecule has 1 atom stereocenters. The lowest BCUT2D eigenvalue weighted by Crippen LogP contribution is -2.58. The fourth-order valence-corrected chi connectivity index (χ4v) is 4.52. The summed E-state index contributed by atoms with van der Waals surface area (Å²) >= 11 is 0. The van der Waals surface area contributed by atoms with Crippen LogP contribution in [0, 0.1) is 0 Å². The standard InChI is InChI=1S/C24H29N3O3/c1-3-30-20-11-9-19(10-12-20)22(28)27-15-13-24(14-16-27)25-21(23(29)26(24)2)17-18-7-5-4-6-8-18/h4-12,21,25H,3,13-17H2,1-2H3. The minimum absolute atomic E-state index is 0.0284. The van der Waals surface area contributed by atoms with Crippen molar-refractivity contribution in [1.82, 2.24) is 15.1 Å². The van der Waals surface area contributed by atoms with Gasteiger partial charge in [0, 0.05) is 38.5 Å². The van der Waals surface area contributed by atoms with E-state index < -0.39 is 0 Å². The van der Waals surface area contributed by atoms with Crippen LogP contribution in [0.5, 0.6) is 5.75 Å². The molecule has 0 aliphatic carbocycles. The Morgan fingerprint density at radius 1 is 1.10 bits per heavy atom. The van der Waals surface area contributed by atoms with Gasteiger partial charge in [-0.2, -0.15) is 0 Å². The van der Waals surface area contributed by atoms with Gasteiger partial charge in [0.05, 0.1) is 18.3 Å². The first-order chi connectivity index (χ1) is 14.5. The van der Waals surface area contributed by atoms with Gasteiger partial charge in [0.15, 0.2) is 0 Å². The molecule has 2 aliphatic rings. The summed E-state index contributed by atoms with van der Waals surface area (Å²) in [6.45, 7) is 3.78. The summed E-state index contributed by atoms with van der Waals surface area (Å²) in [5.41, 5.74) is 1.45. The molecule has 2 heterocycles. The van der Waals surface area contributed by atoms with Crippen LogP contribution < -0.4 is 10.1 Å². The molecule has 30 heavy (non-hydrogen) atoms. The van der Waals surface area contributed by atoms with E-state index in [4.69, 9.17) is 4.74 Å². The van der Waals surface area contributed by atoms with E-state index in [-0.39, 0.29) is 23.5 Å². The van der Waals surface area contributed by atoms with E-state index in [9.17, 15) is 9.59 Å². The molecule has 4 rings (SSSR count). The first-order valence-corrected chi connectivity index (χ1v) is 10.6. The number of rotatable bonds is 5. The Bertz CT molecular complexity index is 890. The molecular weight excluding hydrogens is 378 g/mol. The molecule has 0 radical (unpaired) electrons. The van der Waals surface area contributed by atoms with E-state index in [1.165, 1.54) is 0 Å². The van der Waals surface area contributed by atoms with Crippen LogP contribution in [0.4, 0.5) is 0 Å². The molecule has 1 unspecified atom stereocenters. The molecule has 1 spiro atoms. The fraction of sp³-hybridized carbons (Fsp3) is 0.417. The predicted octanol–water partition coefficient (Wildman–Crippen LogP) is 2.69. The van der Waals surface area contributed by atoms with Crippen molar-refractivity contribution in [3.05, 3.63) is 65.7 Å². The quantitative estimate of drug-likeness (QED) is 0.828. The third-order valence-electron chi connectivity index (χ3n) is 6.29. The minimum Gasteiger partial charge on any atom is -0.494 e. The predicted molar refractivity (Wildman–Crippen MR) is 115 cm³/mol. The Balaban J connectivity index is 1.39. The van der Waals surface area contributed by atoms with Gasteiger partial charge in [-0.05, 0) is 43.2 Å². The number of nitrogens with zero attached hydrogens (tertiary/aromatic N) is 2. The Hall–Kier alpha value is -2.86. The summed E-state index contributed by atoms with van der Waals surface area (Å²) in [4.78, 5) is 29.5. The number of benzene rings is 2. The molecule has 1 N–H and O–H groups in total. The SMILES string of the molecule is CCOc1ccc(C(=O)N2CCC3(CC2)NC(Cc2ccccc2)C(=O)N3C)cc1. The van der Waals surface area contributed by atoms with E-state index in [1.807, 2.05) is 66.2 Å². The van der Waals surface area contributed by atoms with Crippen molar-refractivity contribution in [3.63, 3.8) is 0 Å². The van der Waals surface area contributed by atoms with Crippen LogP contribution in [0.25, 0.3) is 0 Å². The molecule has 2 fully saturated rings. The van der Waals surface area contributed by atoms with Crippen molar-refractivity contribution >= 4 is 11.8 Å². The number of likely N-dealkylation sites (tertiary alicyclic amines) is 1. The van der Waals surface area contributed by atoms with Crippen LogP contribution in [0.2, 0.25) is 0 Å². The summed E-state index contributed by atoms with van der Waals surface area (Å²) in [5, 5.41) is 3.60. The number of amides is 2. The van der Waals surface area contributed by atoms with Crippen LogP contribution >= 0.6 is 0 Å². The average molecular weight is 408 g/mol. The second-order valence-corrected chi connectivity index (χ2v) is 8.07. The van der Waals surface area contributed by atoms with Gasteiger partial charge in [-0.25, -0.2) is 0 Å². The van der Waals surface area contributed by atoms with Gasteiger partial charge < -0.3 is 14.5 Å². The molecule has 2 amide bonds. The highest BCUT2D eigenvalue weighted by atomic mass is 16.5. The topological polar surface area (TPSA) is 61.9 Å². The molecule has 2 saturated heterocycles. The molecule has 0 saturated carbocycles. The lowest BCUT2D eigenvalue weighted by atomic mass is 9.95. The van der Waals surface area contributed by atoms with Gasteiger partial charge in [0.25, 0.3) is 5.91 Å². The summed E-state index contributed by atoms with van der Waals surface area (Å²) in [5.74, 6) is 0.928. The molecule has 6 nitrogen and oxygen atoms in total. The van der Waals surface area contributed by atoms with E-state index in [2.05, 4.69) is 17.4 Å². The molecule has 2 aromatic rings. The lowest BCUT2D eigenvalue weighted by Gasteiger charge is -2.43. The van der Waals surface area contributed by atoms with Crippen LogP contribution in [-0.4, -0.2) is 60.1 Å². The van der Waals surface area contributed by atoms with Crippen LogP contribution in [-0.2, 0) is 11.2 Å². The van der Waals surface area contributed by atoms with Gasteiger partial charge in [-0.15, -0.1) is 0 Å². The third-order valence-corrected chi connectivity index (χ3v) is 6.29. The molecule has 6 heteroatoms. The number of likely N-dealkylation sites (N-methyl/N-ethyl adjacent to an activating group) is 1. The maximum atomic E-state index is 12.9. The number of carbonyl (C=O) groups is 2. The maximum Gasteiger partial charge on any atom is 0.253 e. The number of ether oxygens (including phenoxy) is 1. The molecule has 0 aromatic heterocycles. The van der Waals surface area contributed by atoms with Crippen molar-refractivity contribution in [3.8, 4) is 5.75 Å². The summed E-state index contributed by atoms with van der Waals surface area (Å²) in [6.07, 6.45) is 2.13. The van der Waals surface area contributed by atoms with Gasteiger partial charge >= 0.3 is 0 Å². The number of hydrogen-bond donors (Lipinski definition) is 1. The van der Waals surface area contributed by atoms with Crippen LogP contribution in [0.3, 0.4) is 0 Å². The van der Waals surface area contributed by atoms with E-state index in [0.29, 0.717) is 31.7 Å². The Kier molecular flexibility index (Phi) is 5.77. The zero-order valence-electron chi connectivity index (χ0n) is 17.6. The van der Waals surface area contributed by atoms with Crippen LogP contribution in [0.15, 0.2) is 54.6 Å². The molecule has 0 bridgehead atoms. The van der Waals surface area contributed by atoms with Gasteiger partial charge in [0.2, 0.25) is 5.91 Å². The zero-order valence-corrected chi connectivity index (χ0v) is 17.6. The summed E-state index contributed by atoms with van der Waals surface area (Å²) < 4.78 is 5.45. The Morgan fingerprint density at radius 3 is 2.40 bits per heavy atom. The first kappa shape index (κ1) is 20.4. The van der Waals surface area contributed by atoms with Crippen molar-refractivity contribution < 1.29 is 14.3 Å². The van der Waals surface area contributed by atoms with E-state index in [0.717, 1.165) is 24.2 Å². The van der Waals surface area contributed by atoms with E-state index in [1.54, 1.807) is 0 Å². The van der Waals surface area contributed by atoms with E-state index >= 15 is 0 Å². The Morgan fingerprint density at radius 2 is 1.77 bits per heavy atom. The number of nitrogens with one attached hydrogen (secondary N) is 1. The normalized spacial score (nSPS) is 20.6. The van der Waals surface area contributed by atoms with Crippen molar-refractivity contribution in [2.45, 2.75) is 37.9 Å².